The Kier molecular flexibility index (Phi) is 6.21. The van der Waals surface area contributed by atoms with Gasteiger partial charge in [-0.25, -0.2) is 8.42 Å². The third-order valence-electron chi connectivity index (χ3n) is 4.17. The van der Waals surface area contributed by atoms with Gasteiger partial charge in [-0.2, -0.15) is 13.2 Å². The van der Waals surface area contributed by atoms with Crippen molar-refractivity contribution < 1.29 is 31.1 Å². The summed E-state index contributed by atoms with van der Waals surface area (Å²) in [5.41, 5.74) is 4.09. The number of benzene rings is 3. The summed E-state index contributed by atoms with van der Waals surface area (Å²) in [4.78, 5) is 11.3. The van der Waals surface area contributed by atoms with E-state index in [0.29, 0.717) is 15.8 Å². The van der Waals surface area contributed by atoms with Gasteiger partial charge in [-0.1, -0.05) is 18.2 Å². The fraction of sp³-hybridized carbons (Fsp3) is 0.0952. The minimum absolute atomic E-state index is 0.128. The maximum atomic E-state index is 13.1. The topological polar surface area (TPSA) is 89.7 Å². The minimum Gasteiger partial charge on any atom is -0.457 e. The van der Waals surface area contributed by atoms with Crippen LogP contribution in [0.3, 0.4) is 0 Å². The lowest BCUT2D eigenvalue weighted by molar-refractivity contribution is -0.137. The van der Waals surface area contributed by atoms with Crippen LogP contribution in [0.1, 0.15) is 5.56 Å². The Balaban J connectivity index is 1.90. The van der Waals surface area contributed by atoms with Crippen molar-refractivity contribution in [3.8, 4) is 11.5 Å². The summed E-state index contributed by atoms with van der Waals surface area (Å²) in [5, 5.41) is 0. The number of primary amides is 1. The van der Waals surface area contributed by atoms with Crippen LogP contribution >= 0.6 is 0 Å². The zero-order valence-electron chi connectivity index (χ0n) is 15.9. The second kappa shape index (κ2) is 8.68. The quantitative estimate of drug-likeness (QED) is 0.585. The van der Waals surface area contributed by atoms with Crippen molar-refractivity contribution in [2.75, 3.05) is 10.8 Å². The number of para-hydroxylation sites is 1. The van der Waals surface area contributed by atoms with E-state index >= 15 is 0 Å². The summed E-state index contributed by atoms with van der Waals surface area (Å²) in [6, 6.07) is 17.6. The number of sulfonamides is 1. The third kappa shape index (κ3) is 5.34. The highest BCUT2D eigenvalue weighted by atomic mass is 32.2. The molecule has 0 atom stereocenters. The van der Waals surface area contributed by atoms with Gasteiger partial charge in [0.25, 0.3) is 10.0 Å². The summed E-state index contributed by atoms with van der Waals surface area (Å²) < 4.78 is 70.8. The molecule has 2 N–H and O–H groups in total. The van der Waals surface area contributed by atoms with Gasteiger partial charge in [0.1, 0.15) is 18.0 Å². The molecule has 3 aromatic rings. The lowest BCUT2D eigenvalue weighted by atomic mass is 10.2. The first-order valence-corrected chi connectivity index (χ1v) is 10.3. The number of anilines is 1. The van der Waals surface area contributed by atoms with Crippen molar-refractivity contribution in [1.82, 2.24) is 0 Å². The average molecular weight is 450 g/mol. The Hall–Kier alpha value is -3.53. The lowest BCUT2D eigenvalue weighted by Gasteiger charge is -2.23. The van der Waals surface area contributed by atoms with Gasteiger partial charge in [0.15, 0.2) is 0 Å². The van der Waals surface area contributed by atoms with E-state index in [2.05, 4.69) is 0 Å². The molecule has 162 valence electrons. The molecule has 0 bridgehead atoms. The van der Waals surface area contributed by atoms with Gasteiger partial charge >= 0.3 is 6.18 Å². The van der Waals surface area contributed by atoms with E-state index in [1.54, 1.807) is 24.3 Å². The summed E-state index contributed by atoms with van der Waals surface area (Å²) in [6.07, 6.45) is -4.58. The van der Waals surface area contributed by atoms with Gasteiger partial charge in [0.2, 0.25) is 5.91 Å². The van der Waals surface area contributed by atoms with E-state index in [4.69, 9.17) is 10.5 Å². The average Bonchev–Trinajstić information content (AvgIpc) is 2.72. The Labute approximate surface area is 176 Å². The molecule has 6 nitrogen and oxygen atoms in total. The smallest absolute Gasteiger partial charge is 0.416 e. The number of ether oxygens (including phenoxy) is 1. The van der Waals surface area contributed by atoms with E-state index < -0.39 is 34.2 Å². The van der Waals surface area contributed by atoms with Crippen molar-refractivity contribution in [3.05, 3.63) is 84.4 Å². The van der Waals surface area contributed by atoms with Crippen molar-refractivity contribution in [2.45, 2.75) is 11.1 Å². The molecular weight excluding hydrogens is 433 g/mol. The molecule has 0 unspecified atom stereocenters. The molecule has 1 amide bonds. The van der Waals surface area contributed by atoms with Crippen LogP contribution in [0.2, 0.25) is 0 Å². The van der Waals surface area contributed by atoms with E-state index in [0.717, 1.165) is 24.3 Å². The SMILES string of the molecule is NC(=O)CN(c1ccc(C(F)(F)F)cc1)S(=O)(=O)c1ccc(Oc2ccccc2)cc1. The first-order valence-electron chi connectivity index (χ1n) is 8.88. The molecule has 0 saturated carbocycles. The molecule has 0 spiro atoms. The van der Waals surface area contributed by atoms with Crippen molar-refractivity contribution in [3.63, 3.8) is 0 Å². The number of nitrogens with zero attached hydrogens (tertiary/aromatic N) is 1. The van der Waals surface area contributed by atoms with Crippen LogP contribution in [0.5, 0.6) is 11.5 Å². The fourth-order valence-electron chi connectivity index (χ4n) is 2.70. The summed E-state index contributed by atoms with van der Waals surface area (Å²) in [5.74, 6) is -0.0353. The maximum absolute atomic E-state index is 13.1. The molecule has 0 aromatic heterocycles. The molecule has 0 radical (unpaired) electrons. The van der Waals surface area contributed by atoms with E-state index in [-0.39, 0.29) is 10.6 Å². The lowest BCUT2D eigenvalue weighted by Crippen LogP contribution is -2.38. The normalized spacial score (nSPS) is 11.7. The van der Waals surface area contributed by atoms with E-state index in [1.807, 2.05) is 6.07 Å². The fourth-order valence-corrected chi connectivity index (χ4v) is 4.14. The van der Waals surface area contributed by atoms with Crippen LogP contribution in [-0.4, -0.2) is 20.9 Å². The van der Waals surface area contributed by atoms with Crippen LogP contribution in [-0.2, 0) is 21.0 Å². The Morgan fingerprint density at radius 3 is 1.94 bits per heavy atom. The molecule has 0 aliphatic rings. The van der Waals surface area contributed by atoms with Crippen molar-refractivity contribution in [2.24, 2.45) is 5.73 Å². The summed E-state index contributed by atoms with van der Waals surface area (Å²) in [7, 11) is -4.29. The van der Waals surface area contributed by atoms with Gasteiger partial charge in [-0.15, -0.1) is 0 Å². The number of nitrogens with two attached hydrogens (primary N) is 1. The Morgan fingerprint density at radius 1 is 0.871 bits per heavy atom. The number of alkyl halides is 3. The highest BCUT2D eigenvalue weighted by Gasteiger charge is 2.31. The largest absolute Gasteiger partial charge is 0.457 e. The highest BCUT2D eigenvalue weighted by Crippen LogP contribution is 2.32. The van der Waals surface area contributed by atoms with Gasteiger partial charge in [-0.05, 0) is 60.7 Å². The number of halogens is 3. The molecule has 3 aromatic carbocycles. The standard InChI is InChI=1S/C21H17F3N2O4S/c22-21(23,24)15-6-8-16(9-7-15)26(14-20(25)27)31(28,29)19-12-10-18(11-13-19)30-17-4-2-1-3-5-17/h1-13H,14H2,(H2,25,27). The zero-order chi connectivity index (χ0) is 22.6. The van der Waals surface area contributed by atoms with E-state index in [9.17, 15) is 26.4 Å². The molecule has 0 aliphatic heterocycles. The monoisotopic (exact) mass is 450 g/mol. The van der Waals surface area contributed by atoms with Crippen molar-refractivity contribution >= 4 is 21.6 Å². The number of amides is 1. The molecule has 10 heteroatoms. The Bertz CT molecular complexity index is 1150. The Morgan fingerprint density at radius 2 is 1.42 bits per heavy atom. The van der Waals surface area contributed by atoms with Crippen LogP contribution < -0.4 is 14.8 Å². The minimum atomic E-state index is -4.58. The zero-order valence-corrected chi connectivity index (χ0v) is 16.7. The first kappa shape index (κ1) is 22.2. The van der Waals surface area contributed by atoms with Gasteiger partial charge in [-0.3, -0.25) is 9.10 Å². The van der Waals surface area contributed by atoms with Crippen LogP contribution in [0.15, 0.2) is 83.8 Å². The third-order valence-corrected chi connectivity index (χ3v) is 5.96. The number of carbonyl (C=O) groups is 1. The number of carbonyl (C=O) groups excluding carboxylic acids is 1. The van der Waals surface area contributed by atoms with Gasteiger partial charge < -0.3 is 10.5 Å². The summed E-state index contributed by atoms with van der Waals surface area (Å²) >= 11 is 0. The molecular formula is C21H17F3N2O4S. The van der Waals surface area contributed by atoms with Gasteiger partial charge in [0.05, 0.1) is 16.1 Å². The van der Waals surface area contributed by atoms with Crippen LogP contribution in [0.4, 0.5) is 18.9 Å². The molecule has 31 heavy (non-hydrogen) atoms. The van der Waals surface area contributed by atoms with Crippen LogP contribution in [0.25, 0.3) is 0 Å². The molecule has 0 aliphatic carbocycles. The summed E-state index contributed by atoms with van der Waals surface area (Å²) in [6.45, 7) is -0.740. The van der Waals surface area contributed by atoms with Gasteiger partial charge in [0, 0.05) is 0 Å². The number of hydrogen-bond donors (Lipinski definition) is 1. The predicted octanol–water partition coefficient (Wildman–Crippen LogP) is 4.18. The maximum Gasteiger partial charge on any atom is 0.416 e. The predicted molar refractivity (Wildman–Crippen MR) is 108 cm³/mol. The highest BCUT2D eigenvalue weighted by molar-refractivity contribution is 7.92. The van der Waals surface area contributed by atoms with Crippen LogP contribution in [0, 0.1) is 0 Å². The second-order valence-corrected chi connectivity index (χ2v) is 8.27. The number of rotatable bonds is 7. The second-order valence-electron chi connectivity index (χ2n) is 6.41. The molecule has 0 heterocycles. The molecule has 0 fully saturated rings. The number of hydrogen-bond acceptors (Lipinski definition) is 4. The van der Waals surface area contributed by atoms with Crippen molar-refractivity contribution in [1.29, 1.82) is 0 Å². The van der Waals surface area contributed by atoms with E-state index in [1.165, 1.54) is 24.3 Å². The molecule has 0 saturated heterocycles. The first-order chi connectivity index (χ1) is 14.6. The molecule has 3 rings (SSSR count).